The van der Waals surface area contributed by atoms with Crippen molar-refractivity contribution in [2.75, 3.05) is 11.9 Å². The second-order valence-electron chi connectivity index (χ2n) is 6.43. The number of ether oxygens (including phenoxy) is 1. The Balaban J connectivity index is 1.93. The van der Waals surface area contributed by atoms with Gasteiger partial charge in [-0.3, -0.25) is 0 Å². The Labute approximate surface area is 152 Å². The number of benzene rings is 1. The number of thiocarbonyl (C=S) groups is 1. The molecule has 0 amide bonds. The van der Waals surface area contributed by atoms with Crippen LogP contribution in [0.3, 0.4) is 0 Å². The zero-order chi connectivity index (χ0) is 17.8. The van der Waals surface area contributed by atoms with Crippen LogP contribution in [0.2, 0.25) is 0 Å². The molecule has 5 nitrogen and oxygen atoms in total. The molecule has 0 atom stereocenters. The Morgan fingerprint density at radius 1 is 1.32 bits per heavy atom. The van der Waals surface area contributed by atoms with Crippen molar-refractivity contribution in [2.24, 2.45) is 0 Å². The number of rotatable bonds is 4. The molecule has 1 aliphatic rings. The Morgan fingerprint density at radius 3 is 2.80 bits per heavy atom. The minimum absolute atomic E-state index is 0.382. The molecule has 0 aliphatic heterocycles. The summed E-state index contributed by atoms with van der Waals surface area (Å²) >= 11 is 5.49. The van der Waals surface area contributed by atoms with Crippen LogP contribution in [0, 0.1) is 6.92 Å². The first-order chi connectivity index (χ1) is 12.1. The van der Waals surface area contributed by atoms with E-state index in [0.717, 1.165) is 23.8 Å². The standard InChI is InChI=1S/C19H24N2O3S/c1-3-23-15-10-9-14-12(2)11-16(22)24-18(14)17(15)21-19(25)20-13-7-5-4-6-8-13/h9-11,13H,3-8H2,1-2H3,(H2,20,21,25). The maximum atomic E-state index is 11.8. The molecular weight excluding hydrogens is 336 g/mol. The number of anilines is 1. The zero-order valence-corrected chi connectivity index (χ0v) is 15.5. The summed E-state index contributed by atoms with van der Waals surface area (Å²) in [6.45, 7) is 4.32. The molecule has 1 heterocycles. The quantitative estimate of drug-likeness (QED) is 0.632. The number of hydrogen-bond donors (Lipinski definition) is 2. The Morgan fingerprint density at radius 2 is 2.08 bits per heavy atom. The predicted octanol–water partition coefficient (Wildman–Crippen LogP) is 4.12. The number of fused-ring (bicyclic) bond motifs is 1. The van der Waals surface area contributed by atoms with Gasteiger partial charge in [-0.2, -0.15) is 0 Å². The van der Waals surface area contributed by atoms with Crippen LogP contribution in [0.15, 0.2) is 27.4 Å². The first-order valence-electron chi connectivity index (χ1n) is 8.86. The van der Waals surface area contributed by atoms with Gasteiger partial charge in [0, 0.05) is 17.5 Å². The number of nitrogens with one attached hydrogen (secondary N) is 2. The normalized spacial score (nSPS) is 15.1. The first kappa shape index (κ1) is 17.7. The van der Waals surface area contributed by atoms with E-state index in [2.05, 4.69) is 10.6 Å². The smallest absolute Gasteiger partial charge is 0.336 e. The SMILES string of the molecule is CCOc1ccc2c(C)cc(=O)oc2c1NC(=S)NC1CCCCC1. The van der Waals surface area contributed by atoms with Gasteiger partial charge in [0.2, 0.25) is 0 Å². The van der Waals surface area contributed by atoms with E-state index in [1.807, 2.05) is 26.0 Å². The predicted molar refractivity (Wildman–Crippen MR) is 105 cm³/mol. The monoisotopic (exact) mass is 360 g/mol. The molecule has 0 radical (unpaired) electrons. The lowest BCUT2D eigenvalue weighted by Crippen LogP contribution is -2.38. The van der Waals surface area contributed by atoms with Crippen LogP contribution in [0.5, 0.6) is 5.75 Å². The van der Waals surface area contributed by atoms with Crippen molar-refractivity contribution in [1.29, 1.82) is 0 Å². The summed E-state index contributed by atoms with van der Waals surface area (Å²) in [5.74, 6) is 0.622. The van der Waals surface area contributed by atoms with Gasteiger partial charge in [0.05, 0.1) is 6.61 Å². The third-order valence-electron chi connectivity index (χ3n) is 4.56. The average Bonchev–Trinajstić information content (AvgIpc) is 2.58. The molecule has 2 N–H and O–H groups in total. The van der Waals surface area contributed by atoms with Crippen LogP contribution in [0.4, 0.5) is 5.69 Å². The minimum atomic E-state index is -0.382. The average molecular weight is 360 g/mol. The van der Waals surface area contributed by atoms with E-state index in [0.29, 0.717) is 34.8 Å². The molecule has 0 spiro atoms. The summed E-state index contributed by atoms with van der Waals surface area (Å²) < 4.78 is 11.2. The van der Waals surface area contributed by atoms with Gasteiger partial charge in [0.25, 0.3) is 0 Å². The Kier molecular flexibility index (Phi) is 5.58. The second-order valence-corrected chi connectivity index (χ2v) is 6.84. The second kappa shape index (κ2) is 7.87. The molecule has 1 fully saturated rings. The van der Waals surface area contributed by atoms with Crippen molar-refractivity contribution in [3.05, 3.63) is 34.2 Å². The summed E-state index contributed by atoms with van der Waals surface area (Å²) in [4.78, 5) is 11.8. The molecule has 1 aromatic heterocycles. The molecule has 0 unspecified atom stereocenters. The van der Waals surface area contributed by atoms with Crippen LogP contribution in [-0.2, 0) is 0 Å². The number of aryl methyl sites for hydroxylation is 1. The van der Waals surface area contributed by atoms with Crippen LogP contribution >= 0.6 is 12.2 Å². The fourth-order valence-corrected chi connectivity index (χ4v) is 3.61. The van der Waals surface area contributed by atoms with Crippen molar-refractivity contribution in [1.82, 2.24) is 5.32 Å². The zero-order valence-electron chi connectivity index (χ0n) is 14.7. The van der Waals surface area contributed by atoms with E-state index in [1.54, 1.807) is 0 Å². The third-order valence-corrected chi connectivity index (χ3v) is 4.78. The van der Waals surface area contributed by atoms with Gasteiger partial charge in [0.1, 0.15) is 11.4 Å². The van der Waals surface area contributed by atoms with Crippen molar-refractivity contribution in [3.63, 3.8) is 0 Å². The highest BCUT2D eigenvalue weighted by atomic mass is 32.1. The van der Waals surface area contributed by atoms with Crippen LogP contribution in [-0.4, -0.2) is 17.8 Å². The minimum Gasteiger partial charge on any atom is -0.492 e. The highest BCUT2D eigenvalue weighted by Gasteiger charge is 2.18. The van der Waals surface area contributed by atoms with Crippen LogP contribution in [0.1, 0.15) is 44.6 Å². The molecule has 2 aromatic rings. The van der Waals surface area contributed by atoms with E-state index in [-0.39, 0.29) is 5.63 Å². The summed E-state index contributed by atoms with van der Waals surface area (Å²) in [6, 6.07) is 5.67. The van der Waals surface area contributed by atoms with Crippen LogP contribution < -0.4 is 21.0 Å². The van der Waals surface area contributed by atoms with Gasteiger partial charge in [-0.15, -0.1) is 0 Å². The lowest BCUT2D eigenvalue weighted by Gasteiger charge is -2.25. The van der Waals surface area contributed by atoms with E-state index >= 15 is 0 Å². The fourth-order valence-electron chi connectivity index (χ4n) is 3.34. The molecule has 0 bridgehead atoms. The highest BCUT2D eigenvalue weighted by Crippen LogP contribution is 2.34. The molecule has 1 aromatic carbocycles. The molecule has 134 valence electrons. The molecule has 1 aliphatic carbocycles. The van der Waals surface area contributed by atoms with E-state index in [4.69, 9.17) is 21.4 Å². The van der Waals surface area contributed by atoms with Crippen LogP contribution in [0.25, 0.3) is 11.0 Å². The fraction of sp³-hybridized carbons (Fsp3) is 0.474. The summed E-state index contributed by atoms with van der Waals surface area (Å²) in [5.41, 5.74) is 1.56. The van der Waals surface area contributed by atoms with E-state index < -0.39 is 0 Å². The maximum Gasteiger partial charge on any atom is 0.336 e. The van der Waals surface area contributed by atoms with Gasteiger partial charge >= 0.3 is 5.63 Å². The van der Waals surface area contributed by atoms with Gasteiger partial charge < -0.3 is 19.8 Å². The maximum absolute atomic E-state index is 11.8. The lowest BCUT2D eigenvalue weighted by molar-refractivity contribution is 0.342. The van der Waals surface area contributed by atoms with E-state index in [1.165, 1.54) is 25.3 Å². The molecule has 3 rings (SSSR count). The van der Waals surface area contributed by atoms with Gasteiger partial charge in [0.15, 0.2) is 10.7 Å². The summed E-state index contributed by atoms with van der Waals surface area (Å²) in [7, 11) is 0. The molecule has 6 heteroatoms. The van der Waals surface area contributed by atoms with Crippen molar-refractivity contribution in [3.8, 4) is 5.75 Å². The molecule has 0 saturated heterocycles. The largest absolute Gasteiger partial charge is 0.492 e. The van der Waals surface area contributed by atoms with Crippen molar-refractivity contribution in [2.45, 2.75) is 52.0 Å². The van der Waals surface area contributed by atoms with Crippen molar-refractivity contribution >= 4 is 34.0 Å². The van der Waals surface area contributed by atoms with Gasteiger partial charge in [-0.05, 0) is 56.6 Å². The summed E-state index contributed by atoms with van der Waals surface area (Å²) in [6.07, 6.45) is 6.01. The summed E-state index contributed by atoms with van der Waals surface area (Å²) in [5, 5.41) is 7.98. The molecular formula is C19H24N2O3S. The lowest BCUT2D eigenvalue weighted by atomic mass is 9.96. The van der Waals surface area contributed by atoms with Gasteiger partial charge in [-0.25, -0.2) is 4.79 Å². The third kappa shape index (κ3) is 4.12. The highest BCUT2D eigenvalue weighted by molar-refractivity contribution is 7.80. The Bertz CT molecular complexity index is 825. The first-order valence-corrected chi connectivity index (χ1v) is 9.27. The molecule has 25 heavy (non-hydrogen) atoms. The van der Waals surface area contributed by atoms with E-state index in [9.17, 15) is 4.79 Å². The molecule has 1 saturated carbocycles. The van der Waals surface area contributed by atoms with Crippen molar-refractivity contribution < 1.29 is 9.15 Å². The number of hydrogen-bond acceptors (Lipinski definition) is 4. The topological polar surface area (TPSA) is 63.5 Å². The van der Waals surface area contributed by atoms with Gasteiger partial charge in [-0.1, -0.05) is 19.3 Å². The Hall–Kier alpha value is -2.08.